The number of sulfonamides is 1. The molecule has 90 valence electrons. The third kappa shape index (κ3) is 2.96. The Morgan fingerprint density at radius 1 is 1.47 bits per heavy atom. The SMILES string of the molecule is N#Cc1cc(S(N)(=O)=O)ccc1NCC1CC1. The molecule has 6 heteroatoms. The zero-order valence-electron chi connectivity index (χ0n) is 9.18. The van der Waals surface area contributed by atoms with Crippen LogP contribution < -0.4 is 10.5 Å². The molecule has 1 aromatic rings. The van der Waals surface area contributed by atoms with E-state index in [2.05, 4.69) is 5.32 Å². The van der Waals surface area contributed by atoms with Crippen LogP contribution in [-0.4, -0.2) is 15.0 Å². The molecule has 5 nitrogen and oxygen atoms in total. The molecule has 0 aliphatic heterocycles. The second-order valence-electron chi connectivity index (χ2n) is 4.19. The summed E-state index contributed by atoms with van der Waals surface area (Å²) >= 11 is 0. The van der Waals surface area contributed by atoms with Crippen LogP contribution in [0.3, 0.4) is 0 Å². The van der Waals surface area contributed by atoms with Crippen molar-refractivity contribution in [3.8, 4) is 6.07 Å². The van der Waals surface area contributed by atoms with Gasteiger partial charge in [0.2, 0.25) is 10.0 Å². The molecular formula is C11H13N3O2S. The highest BCUT2D eigenvalue weighted by Crippen LogP contribution is 2.29. The first-order valence-corrected chi connectivity index (χ1v) is 6.86. The lowest BCUT2D eigenvalue weighted by Crippen LogP contribution is -2.13. The summed E-state index contributed by atoms with van der Waals surface area (Å²) in [6.07, 6.45) is 2.42. The number of primary sulfonamides is 1. The lowest BCUT2D eigenvalue weighted by molar-refractivity contribution is 0.598. The molecule has 1 aromatic carbocycles. The van der Waals surface area contributed by atoms with Gasteiger partial charge in [0.1, 0.15) is 6.07 Å². The second-order valence-corrected chi connectivity index (χ2v) is 5.75. The normalized spacial score (nSPS) is 15.3. The molecule has 1 aliphatic rings. The van der Waals surface area contributed by atoms with Gasteiger partial charge in [0.15, 0.2) is 0 Å². The molecule has 0 heterocycles. The van der Waals surface area contributed by atoms with Crippen molar-refractivity contribution in [1.82, 2.24) is 0 Å². The van der Waals surface area contributed by atoms with Crippen molar-refractivity contribution in [3.05, 3.63) is 23.8 Å². The maximum Gasteiger partial charge on any atom is 0.238 e. The van der Waals surface area contributed by atoms with E-state index in [-0.39, 0.29) is 4.90 Å². The minimum atomic E-state index is -3.75. The number of rotatable bonds is 4. The molecule has 17 heavy (non-hydrogen) atoms. The largest absolute Gasteiger partial charge is 0.384 e. The molecule has 3 N–H and O–H groups in total. The monoisotopic (exact) mass is 251 g/mol. The molecule has 0 spiro atoms. The number of anilines is 1. The quantitative estimate of drug-likeness (QED) is 0.835. The van der Waals surface area contributed by atoms with Gasteiger partial charge in [-0.2, -0.15) is 5.26 Å². The van der Waals surface area contributed by atoms with Gasteiger partial charge in [-0.05, 0) is 37.0 Å². The van der Waals surface area contributed by atoms with Crippen molar-refractivity contribution in [3.63, 3.8) is 0 Å². The second kappa shape index (κ2) is 4.35. The van der Waals surface area contributed by atoms with E-state index in [0.717, 1.165) is 6.54 Å². The molecule has 1 fully saturated rings. The van der Waals surface area contributed by atoms with Crippen LogP contribution in [0.2, 0.25) is 0 Å². The smallest absolute Gasteiger partial charge is 0.238 e. The van der Waals surface area contributed by atoms with Gasteiger partial charge in [0.05, 0.1) is 16.1 Å². The van der Waals surface area contributed by atoms with Gasteiger partial charge in [0, 0.05) is 6.54 Å². The number of nitrogens with zero attached hydrogens (tertiary/aromatic N) is 1. The Hall–Kier alpha value is -1.58. The molecule has 1 aliphatic carbocycles. The summed E-state index contributed by atoms with van der Waals surface area (Å²) in [6, 6.07) is 6.26. The number of nitrogens with two attached hydrogens (primary N) is 1. The van der Waals surface area contributed by atoms with Crippen LogP contribution in [-0.2, 0) is 10.0 Å². The van der Waals surface area contributed by atoms with Crippen molar-refractivity contribution < 1.29 is 8.42 Å². The van der Waals surface area contributed by atoms with Gasteiger partial charge in [-0.3, -0.25) is 0 Å². The Morgan fingerprint density at radius 2 is 2.18 bits per heavy atom. The van der Waals surface area contributed by atoms with Gasteiger partial charge >= 0.3 is 0 Å². The van der Waals surface area contributed by atoms with E-state index in [1.165, 1.54) is 25.0 Å². The van der Waals surface area contributed by atoms with E-state index in [4.69, 9.17) is 10.4 Å². The Balaban J connectivity index is 2.25. The van der Waals surface area contributed by atoms with Crippen LogP contribution in [0.1, 0.15) is 18.4 Å². The van der Waals surface area contributed by atoms with E-state index in [1.807, 2.05) is 6.07 Å². The Morgan fingerprint density at radius 3 is 2.71 bits per heavy atom. The predicted molar refractivity (Wildman–Crippen MR) is 63.7 cm³/mol. The van der Waals surface area contributed by atoms with Crippen molar-refractivity contribution in [2.24, 2.45) is 11.1 Å². The summed E-state index contributed by atoms with van der Waals surface area (Å²) in [7, 11) is -3.75. The zero-order valence-corrected chi connectivity index (χ0v) is 10.00. The van der Waals surface area contributed by atoms with E-state index < -0.39 is 10.0 Å². The first-order chi connectivity index (χ1) is 8.00. The topological polar surface area (TPSA) is 96.0 Å². The summed E-state index contributed by atoms with van der Waals surface area (Å²) in [5.74, 6) is 0.680. The van der Waals surface area contributed by atoms with Gasteiger partial charge in [0.25, 0.3) is 0 Å². The lowest BCUT2D eigenvalue weighted by Gasteiger charge is -2.08. The zero-order chi connectivity index (χ0) is 12.5. The Bertz CT molecular complexity index is 571. The van der Waals surface area contributed by atoms with E-state index in [1.54, 1.807) is 6.07 Å². The predicted octanol–water partition coefficient (Wildman–Crippen LogP) is 1.03. The third-order valence-corrected chi connectivity index (χ3v) is 3.63. The molecule has 0 amide bonds. The van der Waals surface area contributed by atoms with Crippen LogP contribution >= 0.6 is 0 Å². The van der Waals surface area contributed by atoms with Crippen LogP contribution in [0.5, 0.6) is 0 Å². The third-order valence-electron chi connectivity index (χ3n) is 2.72. The summed E-state index contributed by atoms with van der Waals surface area (Å²) in [5.41, 5.74) is 0.962. The van der Waals surface area contributed by atoms with Crippen molar-refractivity contribution in [1.29, 1.82) is 5.26 Å². The highest BCUT2D eigenvalue weighted by Gasteiger charge is 2.21. The van der Waals surface area contributed by atoms with Crippen molar-refractivity contribution in [2.45, 2.75) is 17.7 Å². The fourth-order valence-corrected chi connectivity index (χ4v) is 2.06. The molecule has 0 aromatic heterocycles. The summed E-state index contributed by atoms with van der Waals surface area (Å²) < 4.78 is 22.3. The first-order valence-electron chi connectivity index (χ1n) is 5.31. The molecule has 2 rings (SSSR count). The summed E-state index contributed by atoms with van der Waals surface area (Å²) in [6.45, 7) is 0.823. The minimum absolute atomic E-state index is 0.0361. The molecular weight excluding hydrogens is 238 g/mol. The van der Waals surface area contributed by atoms with Gasteiger partial charge in [-0.15, -0.1) is 0 Å². The molecule has 0 saturated heterocycles. The maximum atomic E-state index is 11.1. The first kappa shape index (κ1) is 11.9. The van der Waals surface area contributed by atoms with Crippen molar-refractivity contribution in [2.75, 3.05) is 11.9 Å². The average molecular weight is 251 g/mol. The number of benzene rings is 1. The van der Waals surface area contributed by atoms with Gasteiger partial charge in [-0.1, -0.05) is 0 Å². The number of hydrogen-bond donors (Lipinski definition) is 2. The van der Waals surface area contributed by atoms with Crippen LogP contribution in [0.4, 0.5) is 5.69 Å². The van der Waals surface area contributed by atoms with Gasteiger partial charge < -0.3 is 5.32 Å². The lowest BCUT2D eigenvalue weighted by atomic mass is 10.2. The Kier molecular flexibility index (Phi) is 3.05. The summed E-state index contributed by atoms with van der Waals surface area (Å²) in [5, 5.41) is 17.1. The van der Waals surface area contributed by atoms with Crippen LogP contribution in [0.15, 0.2) is 23.1 Å². The highest BCUT2D eigenvalue weighted by molar-refractivity contribution is 7.89. The minimum Gasteiger partial charge on any atom is -0.384 e. The molecule has 0 radical (unpaired) electrons. The molecule has 0 atom stereocenters. The molecule has 0 bridgehead atoms. The van der Waals surface area contributed by atoms with Crippen LogP contribution in [0.25, 0.3) is 0 Å². The van der Waals surface area contributed by atoms with E-state index >= 15 is 0 Å². The van der Waals surface area contributed by atoms with E-state index in [0.29, 0.717) is 17.2 Å². The van der Waals surface area contributed by atoms with Crippen LogP contribution in [0, 0.1) is 17.2 Å². The number of nitriles is 1. The number of nitrogens with one attached hydrogen (secondary N) is 1. The highest BCUT2D eigenvalue weighted by atomic mass is 32.2. The van der Waals surface area contributed by atoms with Gasteiger partial charge in [-0.25, -0.2) is 13.6 Å². The number of hydrogen-bond acceptors (Lipinski definition) is 4. The Labute approximate surface area is 100 Å². The summed E-state index contributed by atoms with van der Waals surface area (Å²) in [4.78, 5) is -0.0361. The molecule has 1 saturated carbocycles. The fraction of sp³-hybridized carbons (Fsp3) is 0.364. The fourth-order valence-electron chi connectivity index (χ4n) is 1.52. The van der Waals surface area contributed by atoms with E-state index in [9.17, 15) is 8.42 Å². The maximum absolute atomic E-state index is 11.1. The van der Waals surface area contributed by atoms with Crippen molar-refractivity contribution >= 4 is 15.7 Å². The average Bonchev–Trinajstić information content (AvgIpc) is 3.08. The molecule has 0 unspecified atom stereocenters. The standard InChI is InChI=1S/C11H13N3O2S/c12-6-9-5-10(17(13,15)16)3-4-11(9)14-7-8-1-2-8/h3-5,8,14H,1-2,7H2,(H2,13,15,16).